The Kier molecular flexibility index (Phi) is 6.19. The summed E-state index contributed by atoms with van der Waals surface area (Å²) in [5.41, 5.74) is 7.46. The van der Waals surface area contributed by atoms with E-state index in [1.807, 2.05) is 72.9 Å². The van der Waals surface area contributed by atoms with Crippen LogP contribution in [0.2, 0.25) is 0 Å². The highest BCUT2D eigenvalue weighted by Crippen LogP contribution is 2.33. The summed E-state index contributed by atoms with van der Waals surface area (Å²) < 4.78 is 14.3. The number of carbonyl (C=O) groups excluding carboxylic acids is 1. The van der Waals surface area contributed by atoms with Crippen molar-refractivity contribution >= 4 is 17.8 Å². The SMILES string of the molecule is COc1ccc(-c2nn(-c3ccccc3)cc2/C=N\NC(=O)c2c(C)nc3ccccn23)cc1OC. The van der Waals surface area contributed by atoms with Crippen LogP contribution in [0.1, 0.15) is 21.7 Å². The number of aryl methyl sites for hydroxylation is 1. The van der Waals surface area contributed by atoms with Crippen LogP contribution in [0.5, 0.6) is 11.5 Å². The summed E-state index contributed by atoms with van der Waals surface area (Å²) in [6, 6.07) is 20.9. The van der Waals surface area contributed by atoms with Crippen LogP contribution >= 0.6 is 0 Å². The Balaban J connectivity index is 1.49. The van der Waals surface area contributed by atoms with Gasteiger partial charge in [0.2, 0.25) is 0 Å². The van der Waals surface area contributed by atoms with Gasteiger partial charge in [0.15, 0.2) is 11.5 Å². The molecule has 3 aromatic heterocycles. The summed E-state index contributed by atoms with van der Waals surface area (Å²) in [5, 5.41) is 9.03. The van der Waals surface area contributed by atoms with E-state index in [-0.39, 0.29) is 5.91 Å². The Morgan fingerprint density at radius 2 is 1.78 bits per heavy atom. The van der Waals surface area contributed by atoms with Crippen molar-refractivity contribution in [3.63, 3.8) is 0 Å². The van der Waals surface area contributed by atoms with Gasteiger partial charge >= 0.3 is 0 Å². The molecule has 0 aliphatic carbocycles. The maximum Gasteiger partial charge on any atom is 0.290 e. The molecule has 1 N–H and O–H groups in total. The van der Waals surface area contributed by atoms with Crippen LogP contribution in [0.15, 0.2) is 84.2 Å². The summed E-state index contributed by atoms with van der Waals surface area (Å²) in [4.78, 5) is 17.4. The molecule has 2 aromatic carbocycles. The predicted molar refractivity (Wildman–Crippen MR) is 137 cm³/mol. The van der Waals surface area contributed by atoms with Crippen molar-refractivity contribution in [1.82, 2.24) is 24.6 Å². The van der Waals surface area contributed by atoms with Crippen molar-refractivity contribution < 1.29 is 14.3 Å². The number of imidazole rings is 1. The molecule has 0 aliphatic heterocycles. The van der Waals surface area contributed by atoms with Gasteiger partial charge in [-0.1, -0.05) is 24.3 Å². The molecule has 5 rings (SSSR count). The van der Waals surface area contributed by atoms with Crippen LogP contribution in [0.3, 0.4) is 0 Å². The van der Waals surface area contributed by atoms with Gasteiger partial charge in [0.05, 0.1) is 31.8 Å². The number of pyridine rings is 1. The maximum absolute atomic E-state index is 12.9. The molecule has 0 fully saturated rings. The molecular weight excluding hydrogens is 456 g/mol. The number of hydrogen-bond donors (Lipinski definition) is 1. The molecule has 0 bridgehead atoms. The lowest BCUT2D eigenvalue weighted by molar-refractivity contribution is 0.0948. The van der Waals surface area contributed by atoms with E-state index in [4.69, 9.17) is 14.6 Å². The minimum absolute atomic E-state index is 0.356. The topological polar surface area (TPSA) is 95.0 Å². The van der Waals surface area contributed by atoms with Crippen LogP contribution in [0.4, 0.5) is 0 Å². The van der Waals surface area contributed by atoms with Crippen molar-refractivity contribution in [1.29, 1.82) is 0 Å². The number of hydrazone groups is 1. The molecule has 0 saturated carbocycles. The number of fused-ring (bicyclic) bond motifs is 1. The largest absolute Gasteiger partial charge is 0.493 e. The smallest absolute Gasteiger partial charge is 0.290 e. The number of nitrogens with one attached hydrogen (secondary N) is 1. The zero-order valence-corrected chi connectivity index (χ0v) is 20.0. The number of rotatable bonds is 7. The first-order valence-corrected chi connectivity index (χ1v) is 11.2. The molecule has 36 heavy (non-hydrogen) atoms. The normalized spacial score (nSPS) is 11.2. The predicted octanol–water partition coefficient (Wildman–Crippen LogP) is 4.28. The van der Waals surface area contributed by atoms with Gasteiger partial charge in [-0.3, -0.25) is 9.20 Å². The lowest BCUT2D eigenvalue weighted by Crippen LogP contribution is -2.20. The molecular formula is C27H24N6O3. The summed E-state index contributed by atoms with van der Waals surface area (Å²) in [7, 11) is 3.18. The van der Waals surface area contributed by atoms with Crippen LogP contribution in [0, 0.1) is 6.92 Å². The fourth-order valence-corrected chi connectivity index (χ4v) is 4.00. The van der Waals surface area contributed by atoms with E-state index in [0.29, 0.717) is 39.8 Å². The number of hydrogen-bond acceptors (Lipinski definition) is 6. The summed E-state index contributed by atoms with van der Waals surface area (Å²) in [5.74, 6) is 0.851. The monoisotopic (exact) mass is 480 g/mol. The number of benzene rings is 2. The molecule has 0 unspecified atom stereocenters. The van der Waals surface area contributed by atoms with E-state index >= 15 is 0 Å². The highest BCUT2D eigenvalue weighted by atomic mass is 16.5. The average Bonchev–Trinajstić information content (AvgIpc) is 3.49. The van der Waals surface area contributed by atoms with Gasteiger partial charge in [0.1, 0.15) is 17.0 Å². The Morgan fingerprint density at radius 1 is 1.00 bits per heavy atom. The molecule has 0 radical (unpaired) electrons. The van der Waals surface area contributed by atoms with Gasteiger partial charge < -0.3 is 9.47 Å². The zero-order valence-electron chi connectivity index (χ0n) is 20.0. The zero-order chi connectivity index (χ0) is 25.1. The molecule has 0 aliphatic rings. The number of amides is 1. The Labute approximate surface area is 207 Å². The van der Waals surface area contributed by atoms with Crippen LogP contribution in [-0.4, -0.2) is 45.5 Å². The molecule has 9 heteroatoms. The Morgan fingerprint density at radius 3 is 2.56 bits per heavy atom. The standard InChI is InChI=1S/C27H24N6O3/c1-18-26(32-14-8-7-11-24(32)29-18)27(34)30-28-16-20-17-33(21-9-5-4-6-10-21)31-25(20)19-12-13-22(35-2)23(15-19)36-3/h4-17H,1-3H3,(H,30,34)/b28-16-. The number of carbonyl (C=O) groups is 1. The Bertz CT molecular complexity index is 1570. The van der Waals surface area contributed by atoms with Gasteiger partial charge in [-0.25, -0.2) is 15.1 Å². The third-order valence-corrected chi connectivity index (χ3v) is 5.71. The fourth-order valence-electron chi connectivity index (χ4n) is 4.00. The van der Waals surface area contributed by atoms with E-state index in [2.05, 4.69) is 15.5 Å². The molecule has 1 amide bonds. The van der Waals surface area contributed by atoms with E-state index < -0.39 is 0 Å². The summed E-state index contributed by atoms with van der Waals surface area (Å²) in [6.45, 7) is 1.80. The Hall–Kier alpha value is -4.92. The third-order valence-electron chi connectivity index (χ3n) is 5.71. The summed E-state index contributed by atoms with van der Waals surface area (Å²) >= 11 is 0. The molecule has 9 nitrogen and oxygen atoms in total. The summed E-state index contributed by atoms with van der Waals surface area (Å²) in [6.07, 6.45) is 5.23. The molecule has 0 spiro atoms. The van der Waals surface area contributed by atoms with Gasteiger partial charge in [0, 0.05) is 23.5 Å². The minimum Gasteiger partial charge on any atom is -0.493 e. The first-order chi connectivity index (χ1) is 17.6. The van der Waals surface area contributed by atoms with Crippen molar-refractivity contribution in [2.24, 2.45) is 5.10 Å². The molecule has 180 valence electrons. The average molecular weight is 481 g/mol. The highest BCUT2D eigenvalue weighted by molar-refractivity contribution is 5.96. The maximum atomic E-state index is 12.9. The van der Waals surface area contributed by atoms with Crippen LogP contribution in [-0.2, 0) is 0 Å². The first-order valence-electron chi connectivity index (χ1n) is 11.2. The molecule has 0 saturated heterocycles. The van der Waals surface area contributed by atoms with Crippen molar-refractivity contribution in [2.75, 3.05) is 14.2 Å². The first kappa shape index (κ1) is 22.9. The van der Waals surface area contributed by atoms with Gasteiger partial charge in [-0.05, 0) is 49.4 Å². The number of nitrogens with zero attached hydrogens (tertiary/aromatic N) is 5. The quantitative estimate of drug-likeness (QED) is 0.277. The van der Waals surface area contributed by atoms with Crippen molar-refractivity contribution in [2.45, 2.75) is 6.92 Å². The van der Waals surface area contributed by atoms with Crippen molar-refractivity contribution in [3.05, 3.63) is 96.1 Å². The van der Waals surface area contributed by atoms with E-state index in [1.54, 1.807) is 42.6 Å². The molecule has 3 heterocycles. The number of para-hydroxylation sites is 1. The van der Waals surface area contributed by atoms with Gasteiger partial charge in [-0.15, -0.1) is 0 Å². The van der Waals surface area contributed by atoms with Gasteiger partial charge in [0.25, 0.3) is 5.91 Å². The van der Waals surface area contributed by atoms with Gasteiger partial charge in [-0.2, -0.15) is 10.2 Å². The van der Waals surface area contributed by atoms with Crippen LogP contribution < -0.4 is 14.9 Å². The number of aromatic nitrogens is 4. The minimum atomic E-state index is -0.356. The highest BCUT2D eigenvalue weighted by Gasteiger charge is 2.17. The van der Waals surface area contributed by atoms with Crippen LogP contribution in [0.25, 0.3) is 22.6 Å². The van der Waals surface area contributed by atoms with E-state index in [0.717, 1.165) is 11.3 Å². The van der Waals surface area contributed by atoms with Crippen molar-refractivity contribution in [3.8, 4) is 28.4 Å². The second kappa shape index (κ2) is 9.75. The lowest BCUT2D eigenvalue weighted by atomic mass is 10.1. The molecule has 5 aromatic rings. The van der Waals surface area contributed by atoms with E-state index in [1.165, 1.54) is 0 Å². The second-order valence-electron chi connectivity index (χ2n) is 7.96. The molecule has 0 atom stereocenters. The fraction of sp³-hybridized carbons (Fsp3) is 0.111. The second-order valence-corrected chi connectivity index (χ2v) is 7.96. The third kappa shape index (κ3) is 4.29. The lowest BCUT2D eigenvalue weighted by Gasteiger charge is -2.09. The van der Waals surface area contributed by atoms with E-state index in [9.17, 15) is 4.79 Å². The number of ether oxygens (including phenoxy) is 2. The number of methoxy groups -OCH3 is 2.